The fourth-order valence-corrected chi connectivity index (χ4v) is 3.70. The van der Waals surface area contributed by atoms with E-state index in [-0.39, 0.29) is 5.56 Å². The molecule has 0 saturated heterocycles. The molecule has 0 amide bonds. The Morgan fingerprint density at radius 2 is 2.23 bits per heavy atom. The normalized spacial score (nSPS) is 11.5. The van der Waals surface area contributed by atoms with Crippen molar-refractivity contribution in [1.82, 2.24) is 24.7 Å². The maximum atomic E-state index is 11.9. The molecule has 0 radical (unpaired) electrons. The van der Waals surface area contributed by atoms with Gasteiger partial charge in [0.1, 0.15) is 16.3 Å². The number of thiazole rings is 1. The minimum absolute atomic E-state index is 0.204. The summed E-state index contributed by atoms with van der Waals surface area (Å²) in [5, 5.41) is 8.09. The molecule has 4 rings (SSSR count). The molecule has 4 aromatic heterocycles. The summed E-state index contributed by atoms with van der Waals surface area (Å²) in [6, 6.07) is 5.56. The first-order valence-electron chi connectivity index (χ1n) is 6.66. The molecule has 4 heterocycles. The van der Waals surface area contributed by atoms with Crippen LogP contribution < -0.4 is 11.3 Å². The molecule has 0 atom stereocenters. The second-order valence-corrected chi connectivity index (χ2v) is 6.09. The van der Waals surface area contributed by atoms with E-state index in [0.29, 0.717) is 17.8 Å². The Morgan fingerprint density at radius 3 is 3.05 bits per heavy atom. The molecule has 22 heavy (non-hydrogen) atoms. The maximum absolute atomic E-state index is 11.9. The van der Waals surface area contributed by atoms with Gasteiger partial charge in [-0.25, -0.2) is 15.1 Å². The first-order chi connectivity index (χ1) is 10.6. The third kappa shape index (κ3) is 1.88. The number of nitrogens with two attached hydrogens (primary N) is 1. The van der Waals surface area contributed by atoms with Gasteiger partial charge in [0.25, 0.3) is 5.56 Å². The van der Waals surface area contributed by atoms with Crippen molar-refractivity contribution < 1.29 is 0 Å². The highest BCUT2D eigenvalue weighted by Crippen LogP contribution is 2.31. The third-order valence-corrected chi connectivity index (χ3v) is 4.62. The number of H-pyrrole nitrogens is 1. The van der Waals surface area contributed by atoms with E-state index in [1.54, 1.807) is 28.2 Å². The molecule has 0 aliphatic carbocycles. The second kappa shape index (κ2) is 4.63. The van der Waals surface area contributed by atoms with E-state index >= 15 is 0 Å². The SMILES string of the molecule is Cn1c2nc(Cc3cccc(N)n3)sc2c2cn[nH]c(=O)c21. The van der Waals surface area contributed by atoms with Crippen molar-refractivity contribution in [3.63, 3.8) is 0 Å². The molecule has 0 spiro atoms. The number of nitrogens with zero attached hydrogens (tertiary/aromatic N) is 4. The summed E-state index contributed by atoms with van der Waals surface area (Å²) in [4.78, 5) is 20.8. The van der Waals surface area contributed by atoms with Gasteiger partial charge >= 0.3 is 0 Å². The maximum Gasteiger partial charge on any atom is 0.288 e. The lowest BCUT2D eigenvalue weighted by Gasteiger charge is -1.99. The van der Waals surface area contributed by atoms with Crippen molar-refractivity contribution >= 4 is 38.4 Å². The standard InChI is InChI=1S/C14H12N6OS/c1-20-11-8(6-16-19-14(11)21)12-13(20)18-10(22-12)5-7-3-2-4-9(15)17-7/h2-4,6H,5H2,1H3,(H2,15,17)(H,19,21). The number of nitrogens with one attached hydrogen (secondary N) is 1. The summed E-state index contributed by atoms with van der Waals surface area (Å²) in [6.07, 6.45) is 2.28. The summed E-state index contributed by atoms with van der Waals surface area (Å²) in [6.45, 7) is 0. The quantitative estimate of drug-likeness (QED) is 0.583. The van der Waals surface area contributed by atoms with E-state index in [0.717, 1.165) is 26.4 Å². The number of pyridine rings is 1. The number of anilines is 1. The van der Waals surface area contributed by atoms with Crippen LogP contribution in [0.5, 0.6) is 0 Å². The second-order valence-electron chi connectivity index (χ2n) is 5.01. The van der Waals surface area contributed by atoms with Crippen LogP contribution in [0.15, 0.2) is 29.2 Å². The molecule has 4 aromatic rings. The van der Waals surface area contributed by atoms with E-state index in [1.807, 2.05) is 19.2 Å². The molecular weight excluding hydrogens is 300 g/mol. The zero-order chi connectivity index (χ0) is 15.3. The van der Waals surface area contributed by atoms with Gasteiger partial charge in [-0.05, 0) is 12.1 Å². The Labute approximate surface area is 128 Å². The molecule has 0 bridgehead atoms. The van der Waals surface area contributed by atoms with Gasteiger partial charge in [-0.15, -0.1) is 11.3 Å². The predicted molar refractivity (Wildman–Crippen MR) is 86.0 cm³/mol. The van der Waals surface area contributed by atoms with Crippen LogP contribution in [0.3, 0.4) is 0 Å². The number of hydrogen-bond donors (Lipinski definition) is 2. The van der Waals surface area contributed by atoms with Gasteiger partial charge in [-0.3, -0.25) is 4.79 Å². The van der Waals surface area contributed by atoms with Crippen molar-refractivity contribution in [1.29, 1.82) is 0 Å². The van der Waals surface area contributed by atoms with E-state index in [1.165, 1.54) is 0 Å². The summed E-state index contributed by atoms with van der Waals surface area (Å²) >= 11 is 1.55. The van der Waals surface area contributed by atoms with Crippen LogP contribution >= 0.6 is 11.3 Å². The van der Waals surface area contributed by atoms with Gasteiger partial charge in [-0.2, -0.15) is 5.10 Å². The minimum Gasteiger partial charge on any atom is -0.384 e. The van der Waals surface area contributed by atoms with Gasteiger partial charge < -0.3 is 10.3 Å². The van der Waals surface area contributed by atoms with E-state index in [4.69, 9.17) is 5.73 Å². The van der Waals surface area contributed by atoms with Crippen molar-refractivity contribution in [2.75, 3.05) is 5.73 Å². The van der Waals surface area contributed by atoms with Crippen molar-refractivity contribution in [3.05, 3.63) is 45.5 Å². The number of aryl methyl sites for hydroxylation is 1. The van der Waals surface area contributed by atoms with Gasteiger partial charge in [-0.1, -0.05) is 6.07 Å². The zero-order valence-corrected chi connectivity index (χ0v) is 12.5. The minimum atomic E-state index is -0.204. The average molecular weight is 312 g/mol. The van der Waals surface area contributed by atoms with E-state index in [9.17, 15) is 4.79 Å². The van der Waals surface area contributed by atoms with Crippen LogP contribution in [0.25, 0.3) is 21.3 Å². The van der Waals surface area contributed by atoms with Gasteiger partial charge in [0.05, 0.1) is 10.9 Å². The molecular formula is C14H12N6OS. The number of aromatic amines is 1. The Morgan fingerprint density at radius 1 is 1.36 bits per heavy atom. The average Bonchev–Trinajstić information content (AvgIpc) is 3.00. The molecule has 0 saturated carbocycles. The largest absolute Gasteiger partial charge is 0.384 e. The first-order valence-corrected chi connectivity index (χ1v) is 7.48. The summed E-state index contributed by atoms with van der Waals surface area (Å²) in [7, 11) is 1.84. The molecule has 0 unspecified atom stereocenters. The van der Waals surface area contributed by atoms with Gasteiger partial charge in [0.15, 0.2) is 5.65 Å². The van der Waals surface area contributed by atoms with Crippen LogP contribution in [0.4, 0.5) is 5.82 Å². The van der Waals surface area contributed by atoms with Crippen LogP contribution in [0.1, 0.15) is 10.7 Å². The van der Waals surface area contributed by atoms with Gasteiger partial charge in [0, 0.05) is 24.5 Å². The Bertz CT molecular complexity index is 1060. The van der Waals surface area contributed by atoms with Crippen molar-refractivity contribution in [2.45, 2.75) is 6.42 Å². The molecule has 0 fully saturated rings. The number of nitrogen functional groups attached to an aromatic ring is 1. The van der Waals surface area contributed by atoms with Crippen LogP contribution in [-0.2, 0) is 13.5 Å². The Kier molecular flexibility index (Phi) is 2.73. The molecule has 0 aliphatic heterocycles. The lowest BCUT2D eigenvalue weighted by molar-refractivity contribution is 0.942. The third-order valence-electron chi connectivity index (χ3n) is 3.54. The molecule has 3 N–H and O–H groups in total. The van der Waals surface area contributed by atoms with Crippen LogP contribution in [0, 0.1) is 0 Å². The number of aromatic nitrogens is 5. The van der Waals surface area contributed by atoms with Gasteiger partial charge in [0.2, 0.25) is 0 Å². The van der Waals surface area contributed by atoms with Crippen LogP contribution in [0.2, 0.25) is 0 Å². The predicted octanol–water partition coefficient (Wildman–Crippen LogP) is 1.44. The highest BCUT2D eigenvalue weighted by Gasteiger charge is 2.16. The fourth-order valence-electron chi connectivity index (χ4n) is 2.58. The molecule has 8 heteroatoms. The van der Waals surface area contributed by atoms with Crippen LogP contribution in [-0.4, -0.2) is 24.7 Å². The lowest BCUT2D eigenvalue weighted by atomic mass is 10.3. The van der Waals surface area contributed by atoms with E-state index < -0.39 is 0 Å². The number of rotatable bonds is 2. The summed E-state index contributed by atoms with van der Waals surface area (Å²) in [5.74, 6) is 0.500. The smallest absolute Gasteiger partial charge is 0.288 e. The fraction of sp³-hybridized carbons (Fsp3) is 0.143. The summed E-state index contributed by atoms with van der Waals surface area (Å²) in [5.41, 5.74) is 7.76. The molecule has 0 aliphatic rings. The lowest BCUT2D eigenvalue weighted by Crippen LogP contribution is -2.10. The monoisotopic (exact) mass is 312 g/mol. The molecule has 7 nitrogen and oxygen atoms in total. The topological polar surface area (TPSA) is 102 Å². The highest BCUT2D eigenvalue weighted by molar-refractivity contribution is 7.19. The number of hydrogen-bond acceptors (Lipinski definition) is 6. The number of fused-ring (bicyclic) bond motifs is 3. The Balaban J connectivity index is 1.86. The molecule has 110 valence electrons. The highest BCUT2D eigenvalue weighted by atomic mass is 32.1. The Hall–Kier alpha value is -2.74. The molecule has 0 aromatic carbocycles. The van der Waals surface area contributed by atoms with Crippen molar-refractivity contribution in [2.24, 2.45) is 7.05 Å². The van der Waals surface area contributed by atoms with E-state index in [2.05, 4.69) is 20.2 Å². The first kappa shape index (κ1) is 13.0. The zero-order valence-electron chi connectivity index (χ0n) is 11.7. The van der Waals surface area contributed by atoms with Crippen molar-refractivity contribution in [3.8, 4) is 0 Å². The summed E-state index contributed by atoms with van der Waals surface area (Å²) < 4.78 is 2.77.